The summed E-state index contributed by atoms with van der Waals surface area (Å²) in [6, 6.07) is 2.14. The summed E-state index contributed by atoms with van der Waals surface area (Å²) in [7, 11) is 1.43. The van der Waals surface area contributed by atoms with E-state index < -0.39 is 87.0 Å². The molecule has 4 aromatic rings. The fraction of sp³-hybridized carbons (Fsp3) is 0.514. The van der Waals surface area contributed by atoms with Crippen LogP contribution in [0.3, 0.4) is 0 Å². The third-order valence-electron chi connectivity index (χ3n) is 10.8. The quantitative estimate of drug-likeness (QED) is 0.186. The van der Waals surface area contributed by atoms with Gasteiger partial charge in [0.05, 0.1) is 27.4 Å². The van der Waals surface area contributed by atoms with Crippen molar-refractivity contribution < 1.29 is 44.7 Å². The molecule has 2 aromatic carbocycles. The second-order valence-electron chi connectivity index (χ2n) is 14.0. The molecule has 55 heavy (non-hydrogen) atoms. The number of likely N-dealkylation sites (N-methyl/N-ethyl adjacent to an activating group) is 1. The molecule has 18 heteroatoms. The number of fused-ring (bicyclic) bond motifs is 3. The molecule has 7 rings (SSSR count). The van der Waals surface area contributed by atoms with Gasteiger partial charge in [0.1, 0.15) is 41.0 Å². The van der Waals surface area contributed by atoms with Crippen LogP contribution in [0.1, 0.15) is 64.5 Å². The Hall–Kier alpha value is -4.50. The Balaban J connectivity index is 0.00000253. The molecule has 0 radical (unpaired) electrons. The summed E-state index contributed by atoms with van der Waals surface area (Å²) in [6.45, 7) is 6.61. The number of carbonyl (C=O) groups excluding carboxylic acids is 1. The van der Waals surface area contributed by atoms with Gasteiger partial charge in [0.25, 0.3) is 5.91 Å². The molecule has 3 aliphatic rings. The molecule has 3 fully saturated rings. The van der Waals surface area contributed by atoms with Crippen molar-refractivity contribution in [3.63, 3.8) is 0 Å². The number of nitriles is 1. The largest absolute Gasteiger partial charge is 0.461 e. The van der Waals surface area contributed by atoms with Crippen LogP contribution in [0, 0.1) is 23.0 Å². The minimum Gasteiger partial charge on any atom is -0.461 e. The number of ether oxygens (including phenoxy) is 1. The molecule has 3 saturated heterocycles. The molecule has 0 saturated carbocycles. The van der Waals surface area contributed by atoms with Crippen LogP contribution in [0.25, 0.3) is 32.1 Å². The predicted octanol–water partition coefficient (Wildman–Crippen LogP) is 8.32. The Morgan fingerprint density at radius 2 is 1.89 bits per heavy atom. The number of halogens is 8. The lowest BCUT2D eigenvalue weighted by atomic mass is 9.92. The normalized spacial score (nSPS) is 22.8. The van der Waals surface area contributed by atoms with Crippen molar-refractivity contribution in [1.82, 2.24) is 19.8 Å². The van der Waals surface area contributed by atoms with Crippen molar-refractivity contribution in [2.75, 3.05) is 43.9 Å². The number of carbonyl (C=O) groups is 1. The number of aromatic nitrogens is 2. The van der Waals surface area contributed by atoms with Gasteiger partial charge in [-0.25, -0.2) is 13.2 Å². The second kappa shape index (κ2) is 14.5. The zero-order valence-electron chi connectivity index (χ0n) is 30.6. The molecule has 296 valence electrons. The Kier molecular flexibility index (Phi) is 10.6. The van der Waals surface area contributed by atoms with E-state index in [-0.39, 0.29) is 59.0 Å². The van der Waals surface area contributed by atoms with Gasteiger partial charge in [0.2, 0.25) is 0 Å². The Labute approximate surface area is 315 Å². The molecule has 0 bridgehead atoms. The fourth-order valence-corrected chi connectivity index (χ4v) is 9.25. The van der Waals surface area contributed by atoms with Crippen molar-refractivity contribution in [1.29, 1.82) is 5.26 Å². The molecule has 3 aliphatic heterocycles. The minimum absolute atomic E-state index is 0.0918. The summed E-state index contributed by atoms with van der Waals surface area (Å²) in [6.07, 6.45) is -4.67. The molecule has 5 heterocycles. The molecule has 1 amide bonds. The van der Waals surface area contributed by atoms with Crippen molar-refractivity contribution in [2.24, 2.45) is 0 Å². The summed E-state index contributed by atoms with van der Waals surface area (Å²) in [5.74, 6) is -7.70. The summed E-state index contributed by atoms with van der Waals surface area (Å²) in [4.78, 5) is 25.6. The third kappa shape index (κ3) is 6.87. The molecular formula is C37H39F8N7O2S. The standard InChI is InChI=1S/C35H33F8N7O2S.C2H6/c1-16-23(7-10-50(16)31(51)33(2,39)40)48(3)30-19-11-21(35(41,42)43)25(18-5-6-22(37)28-24(18)20(13-44)29(45)53-28)26(38)27(19)46-32(47-30)52-15-34-8-4-9-49(34)14-17(36)12-34;1-2/h5-6,11,16-17,23H,4,7-10,12,14-15,45H2,1-3H3;1-2H3. The maximum atomic E-state index is 17.1. The van der Waals surface area contributed by atoms with E-state index in [0.717, 1.165) is 23.5 Å². The first-order valence-electron chi connectivity index (χ1n) is 17.8. The van der Waals surface area contributed by atoms with E-state index in [1.54, 1.807) is 6.07 Å². The summed E-state index contributed by atoms with van der Waals surface area (Å²) in [5, 5.41) is 8.93. The number of amides is 1. The van der Waals surface area contributed by atoms with Crippen molar-refractivity contribution >= 4 is 49.1 Å². The van der Waals surface area contributed by atoms with Crippen molar-refractivity contribution in [3.8, 4) is 23.2 Å². The van der Waals surface area contributed by atoms with Gasteiger partial charge in [0, 0.05) is 55.9 Å². The van der Waals surface area contributed by atoms with Crippen molar-refractivity contribution in [2.45, 2.75) is 89.3 Å². The van der Waals surface area contributed by atoms with E-state index in [9.17, 15) is 27.6 Å². The highest BCUT2D eigenvalue weighted by molar-refractivity contribution is 7.23. The second-order valence-corrected chi connectivity index (χ2v) is 15.1. The number of hydrogen-bond donors (Lipinski definition) is 1. The number of thiophene rings is 1. The monoisotopic (exact) mass is 797 g/mol. The van der Waals surface area contributed by atoms with Crippen LogP contribution in [0.5, 0.6) is 6.01 Å². The van der Waals surface area contributed by atoms with Crippen molar-refractivity contribution in [3.05, 3.63) is 41.0 Å². The average molecular weight is 798 g/mol. The minimum atomic E-state index is -5.21. The number of hydrogen-bond acceptors (Lipinski definition) is 9. The van der Waals surface area contributed by atoms with Gasteiger partial charge in [-0.2, -0.15) is 37.2 Å². The van der Waals surface area contributed by atoms with Gasteiger partial charge in [-0.05, 0) is 50.4 Å². The number of nitrogens with two attached hydrogens (primary N) is 1. The first-order valence-corrected chi connectivity index (χ1v) is 18.6. The molecular weight excluding hydrogens is 759 g/mol. The van der Waals surface area contributed by atoms with E-state index in [2.05, 4.69) is 9.97 Å². The number of anilines is 2. The van der Waals surface area contributed by atoms with Crippen LogP contribution in [-0.2, 0) is 11.0 Å². The van der Waals surface area contributed by atoms with Gasteiger partial charge in [-0.3, -0.25) is 9.69 Å². The molecule has 2 aromatic heterocycles. The first kappa shape index (κ1) is 40.2. The van der Waals surface area contributed by atoms with Crippen LogP contribution in [0.4, 0.5) is 45.9 Å². The molecule has 0 aliphatic carbocycles. The van der Waals surface area contributed by atoms with Gasteiger partial charge in [-0.1, -0.05) is 19.9 Å². The average Bonchev–Trinajstić information content (AvgIpc) is 3.87. The number of nitrogens with zero attached hydrogens (tertiary/aromatic N) is 6. The van der Waals surface area contributed by atoms with E-state index in [1.165, 1.54) is 18.9 Å². The summed E-state index contributed by atoms with van der Waals surface area (Å²) >= 11 is 0.633. The summed E-state index contributed by atoms with van der Waals surface area (Å²) in [5.41, 5.74) is 1.33. The lowest BCUT2D eigenvalue weighted by molar-refractivity contribution is -0.155. The number of likely N-dealkylation sites (tertiary alicyclic amines) is 1. The molecule has 4 unspecified atom stereocenters. The van der Waals surface area contributed by atoms with E-state index >= 15 is 17.6 Å². The Morgan fingerprint density at radius 3 is 2.55 bits per heavy atom. The summed E-state index contributed by atoms with van der Waals surface area (Å²) < 4.78 is 126. The highest BCUT2D eigenvalue weighted by Gasteiger charge is 2.50. The highest BCUT2D eigenvalue weighted by atomic mass is 32.1. The maximum absolute atomic E-state index is 17.1. The molecule has 4 atom stereocenters. The van der Waals surface area contributed by atoms with Gasteiger partial charge in [0.15, 0.2) is 5.82 Å². The zero-order chi connectivity index (χ0) is 40.4. The predicted molar refractivity (Wildman–Crippen MR) is 193 cm³/mol. The lowest BCUT2D eigenvalue weighted by Crippen LogP contribution is -2.48. The molecule has 9 nitrogen and oxygen atoms in total. The molecule has 2 N–H and O–H groups in total. The highest BCUT2D eigenvalue weighted by Crippen LogP contribution is 2.48. The SMILES string of the molecule is CC.CC1C(N(C)c2nc(OCC34CCCN3CC(F)C4)nc3c(F)c(-c4ccc(F)c5sc(N)c(C#N)c45)c(C(F)(F)F)cc23)CCN1C(=O)C(C)(F)F. The van der Waals surface area contributed by atoms with E-state index in [1.807, 2.05) is 18.7 Å². The maximum Gasteiger partial charge on any atom is 0.417 e. The van der Waals surface area contributed by atoms with E-state index in [0.29, 0.717) is 37.3 Å². The van der Waals surface area contributed by atoms with Gasteiger partial charge < -0.3 is 20.3 Å². The van der Waals surface area contributed by atoms with Crippen LogP contribution in [0.15, 0.2) is 18.2 Å². The van der Waals surface area contributed by atoms with E-state index in [4.69, 9.17) is 10.5 Å². The lowest BCUT2D eigenvalue weighted by Gasteiger charge is -2.33. The number of nitrogen functional groups attached to an aromatic ring is 1. The third-order valence-corrected chi connectivity index (χ3v) is 11.8. The van der Waals surface area contributed by atoms with Crippen LogP contribution in [0.2, 0.25) is 0 Å². The smallest absolute Gasteiger partial charge is 0.417 e. The first-order chi connectivity index (χ1) is 25.9. The molecule has 0 spiro atoms. The number of benzene rings is 2. The number of alkyl halides is 6. The van der Waals surface area contributed by atoms with Gasteiger partial charge in [-0.15, -0.1) is 11.3 Å². The van der Waals surface area contributed by atoms with Crippen LogP contribution in [-0.4, -0.2) is 88.7 Å². The Morgan fingerprint density at radius 1 is 1.18 bits per heavy atom. The van der Waals surface area contributed by atoms with Crippen LogP contribution >= 0.6 is 11.3 Å². The van der Waals surface area contributed by atoms with Gasteiger partial charge >= 0.3 is 18.1 Å². The number of rotatable bonds is 7. The zero-order valence-corrected chi connectivity index (χ0v) is 31.4. The van der Waals surface area contributed by atoms with Crippen LogP contribution < -0.4 is 15.4 Å². The fourth-order valence-electron chi connectivity index (χ4n) is 8.30. The topological polar surface area (TPSA) is 112 Å². The Bertz CT molecular complexity index is 2190.